The minimum Gasteiger partial charge on any atom is -0.381 e. The van der Waals surface area contributed by atoms with Gasteiger partial charge in [-0.25, -0.2) is 0 Å². The Labute approximate surface area is 111 Å². The van der Waals surface area contributed by atoms with E-state index < -0.39 is 0 Å². The van der Waals surface area contributed by atoms with Gasteiger partial charge in [0.15, 0.2) is 0 Å². The Balaban J connectivity index is 1.96. The van der Waals surface area contributed by atoms with Crippen LogP contribution in [0.2, 0.25) is 0 Å². The Bertz CT molecular complexity index is 364. The fourth-order valence-corrected chi connectivity index (χ4v) is 2.74. The Kier molecular flexibility index (Phi) is 5.21. The Morgan fingerprint density at radius 2 is 2.28 bits per heavy atom. The van der Waals surface area contributed by atoms with Gasteiger partial charge in [-0.1, -0.05) is 36.8 Å². The summed E-state index contributed by atoms with van der Waals surface area (Å²) in [5.41, 5.74) is 2.79. The lowest BCUT2D eigenvalue weighted by molar-refractivity contribution is 0.0323. The third kappa shape index (κ3) is 3.82. The molecule has 1 heterocycles. The van der Waals surface area contributed by atoms with Gasteiger partial charge in [0.2, 0.25) is 0 Å². The summed E-state index contributed by atoms with van der Waals surface area (Å²) in [5, 5.41) is 3.68. The molecule has 0 spiro atoms. The molecule has 1 aromatic carbocycles. The predicted molar refractivity (Wildman–Crippen MR) is 75.9 cm³/mol. The highest BCUT2D eigenvalue weighted by atomic mass is 16.5. The summed E-state index contributed by atoms with van der Waals surface area (Å²) in [6, 6.07) is 9.47. The first-order valence-corrected chi connectivity index (χ1v) is 7.16. The molecule has 0 aliphatic carbocycles. The molecule has 2 heteroatoms. The molecule has 18 heavy (non-hydrogen) atoms. The maximum atomic E-state index is 5.65. The molecule has 0 amide bonds. The van der Waals surface area contributed by atoms with Gasteiger partial charge in [-0.05, 0) is 38.3 Å². The van der Waals surface area contributed by atoms with Crippen molar-refractivity contribution >= 4 is 0 Å². The van der Waals surface area contributed by atoms with Crippen LogP contribution in [0.3, 0.4) is 0 Å². The van der Waals surface area contributed by atoms with E-state index in [1.165, 1.54) is 17.5 Å². The quantitative estimate of drug-likeness (QED) is 0.864. The molecular formula is C16H25NO. The van der Waals surface area contributed by atoms with Gasteiger partial charge in [0.25, 0.3) is 0 Å². The SMILES string of the molecule is CCCNC1CCOCC1Cc1cccc(C)c1. The van der Waals surface area contributed by atoms with Gasteiger partial charge in [0.05, 0.1) is 6.61 Å². The molecule has 1 aromatic rings. The smallest absolute Gasteiger partial charge is 0.0512 e. The van der Waals surface area contributed by atoms with Crippen molar-refractivity contribution in [2.45, 2.75) is 39.2 Å². The number of hydrogen-bond donors (Lipinski definition) is 1. The van der Waals surface area contributed by atoms with Crippen molar-refractivity contribution in [1.82, 2.24) is 5.32 Å². The average Bonchev–Trinajstić information content (AvgIpc) is 2.38. The lowest BCUT2D eigenvalue weighted by atomic mass is 9.89. The number of nitrogens with one attached hydrogen (secondary N) is 1. The first-order valence-electron chi connectivity index (χ1n) is 7.16. The zero-order valence-corrected chi connectivity index (χ0v) is 11.6. The number of aryl methyl sites for hydroxylation is 1. The van der Waals surface area contributed by atoms with Crippen LogP contribution >= 0.6 is 0 Å². The molecule has 1 N–H and O–H groups in total. The molecule has 1 aliphatic heterocycles. The number of benzene rings is 1. The Morgan fingerprint density at radius 1 is 1.39 bits per heavy atom. The van der Waals surface area contributed by atoms with Crippen molar-refractivity contribution < 1.29 is 4.74 Å². The van der Waals surface area contributed by atoms with Crippen molar-refractivity contribution in [2.24, 2.45) is 5.92 Å². The number of ether oxygens (including phenoxy) is 1. The Morgan fingerprint density at radius 3 is 3.06 bits per heavy atom. The third-order valence-corrected chi connectivity index (χ3v) is 3.71. The van der Waals surface area contributed by atoms with E-state index in [1.54, 1.807) is 0 Å². The fourth-order valence-electron chi connectivity index (χ4n) is 2.74. The van der Waals surface area contributed by atoms with Crippen LogP contribution in [0.1, 0.15) is 30.9 Å². The van der Waals surface area contributed by atoms with Gasteiger partial charge in [0.1, 0.15) is 0 Å². The summed E-state index contributed by atoms with van der Waals surface area (Å²) in [4.78, 5) is 0. The second-order valence-corrected chi connectivity index (χ2v) is 5.38. The minimum atomic E-state index is 0.618. The van der Waals surface area contributed by atoms with Gasteiger partial charge >= 0.3 is 0 Å². The highest BCUT2D eigenvalue weighted by molar-refractivity contribution is 5.22. The van der Waals surface area contributed by atoms with Crippen LogP contribution in [-0.2, 0) is 11.2 Å². The molecule has 1 aliphatic rings. The van der Waals surface area contributed by atoms with Crippen molar-refractivity contribution in [1.29, 1.82) is 0 Å². The number of rotatable bonds is 5. The van der Waals surface area contributed by atoms with E-state index in [1.807, 2.05) is 0 Å². The van der Waals surface area contributed by atoms with E-state index >= 15 is 0 Å². The fraction of sp³-hybridized carbons (Fsp3) is 0.625. The summed E-state index contributed by atoms with van der Waals surface area (Å²) in [5.74, 6) is 0.618. The van der Waals surface area contributed by atoms with Crippen molar-refractivity contribution in [2.75, 3.05) is 19.8 Å². The average molecular weight is 247 g/mol. The molecule has 1 fully saturated rings. The van der Waals surface area contributed by atoms with Crippen LogP contribution in [0.25, 0.3) is 0 Å². The van der Waals surface area contributed by atoms with E-state index in [2.05, 4.69) is 43.4 Å². The van der Waals surface area contributed by atoms with Crippen LogP contribution in [-0.4, -0.2) is 25.8 Å². The molecule has 1 saturated heterocycles. The summed E-state index contributed by atoms with van der Waals surface area (Å²) >= 11 is 0. The first-order chi connectivity index (χ1) is 8.79. The summed E-state index contributed by atoms with van der Waals surface area (Å²) in [6.45, 7) is 7.31. The summed E-state index contributed by atoms with van der Waals surface area (Å²) in [7, 11) is 0. The van der Waals surface area contributed by atoms with Gasteiger partial charge in [-0.2, -0.15) is 0 Å². The number of hydrogen-bond acceptors (Lipinski definition) is 2. The molecule has 2 unspecified atom stereocenters. The Hall–Kier alpha value is -0.860. The molecule has 2 atom stereocenters. The van der Waals surface area contributed by atoms with Gasteiger partial charge in [-0.3, -0.25) is 0 Å². The molecule has 0 aromatic heterocycles. The summed E-state index contributed by atoms with van der Waals surface area (Å²) in [6.07, 6.45) is 3.48. The highest BCUT2D eigenvalue weighted by Crippen LogP contribution is 2.20. The molecular weight excluding hydrogens is 222 g/mol. The highest BCUT2D eigenvalue weighted by Gasteiger charge is 2.25. The van der Waals surface area contributed by atoms with E-state index in [0.717, 1.165) is 32.6 Å². The van der Waals surface area contributed by atoms with E-state index in [9.17, 15) is 0 Å². The van der Waals surface area contributed by atoms with Crippen molar-refractivity contribution in [3.63, 3.8) is 0 Å². The molecule has 2 rings (SSSR count). The third-order valence-electron chi connectivity index (χ3n) is 3.71. The molecule has 0 saturated carbocycles. The van der Waals surface area contributed by atoms with Gasteiger partial charge in [0, 0.05) is 18.6 Å². The molecule has 0 bridgehead atoms. The maximum absolute atomic E-state index is 5.65. The van der Waals surface area contributed by atoms with Crippen LogP contribution in [0.4, 0.5) is 0 Å². The van der Waals surface area contributed by atoms with Gasteiger partial charge < -0.3 is 10.1 Å². The topological polar surface area (TPSA) is 21.3 Å². The maximum Gasteiger partial charge on any atom is 0.0512 e. The van der Waals surface area contributed by atoms with Crippen LogP contribution in [0, 0.1) is 12.8 Å². The van der Waals surface area contributed by atoms with Crippen LogP contribution < -0.4 is 5.32 Å². The van der Waals surface area contributed by atoms with E-state index in [-0.39, 0.29) is 0 Å². The van der Waals surface area contributed by atoms with Crippen molar-refractivity contribution in [3.05, 3.63) is 35.4 Å². The van der Waals surface area contributed by atoms with E-state index in [0.29, 0.717) is 12.0 Å². The first kappa shape index (κ1) is 13.6. The van der Waals surface area contributed by atoms with Gasteiger partial charge in [-0.15, -0.1) is 0 Å². The lowest BCUT2D eigenvalue weighted by Crippen LogP contribution is -2.43. The normalized spacial score (nSPS) is 24.1. The second kappa shape index (κ2) is 6.91. The van der Waals surface area contributed by atoms with Crippen LogP contribution in [0.5, 0.6) is 0 Å². The van der Waals surface area contributed by atoms with Crippen LogP contribution in [0.15, 0.2) is 24.3 Å². The van der Waals surface area contributed by atoms with Crippen molar-refractivity contribution in [3.8, 4) is 0 Å². The summed E-state index contributed by atoms with van der Waals surface area (Å²) < 4.78 is 5.65. The molecule has 100 valence electrons. The lowest BCUT2D eigenvalue weighted by Gasteiger charge is -2.32. The largest absolute Gasteiger partial charge is 0.381 e. The molecule has 2 nitrogen and oxygen atoms in total. The second-order valence-electron chi connectivity index (χ2n) is 5.38. The predicted octanol–water partition coefficient (Wildman–Crippen LogP) is 2.94. The standard InChI is InChI=1S/C16H25NO/c1-3-8-17-16-7-9-18-12-15(16)11-14-6-4-5-13(2)10-14/h4-6,10,15-17H,3,7-9,11-12H2,1-2H3. The zero-order valence-electron chi connectivity index (χ0n) is 11.6. The van der Waals surface area contributed by atoms with E-state index in [4.69, 9.17) is 4.74 Å². The molecule has 0 radical (unpaired) electrons. The zero-order chi connectivity index (χ0) is 12.8. The monoisotopic (exact) mass is 247 g/mol. The minimum absolute atomic E-state index is 0.618.